The molecule has 7 heteroatoms. The van der Waals surface area contributed by atoms with Crippen molar-refractivity contribution < 1.29 is 14.0 Å². The molecule has 0 spiro atoms. The summed E-state index contributed by atoms with van der Waals surface area (Å²) in [6.45, 7) is 1.01. The molecule has 132 valence electrons. The first-order chi connectivity index (χ1) is 12.2. The molecule has 0 unspecified atom stereocenters. The van der Waals surface area contributed by atoms with Crippen molar-refractivity contribution in [2.24, 2.45) is 5.92 Å². The van der Waals surface area contributed by atoms with Crippen LogP contribution in [0.15, 0.2) is 29.0 Å². The normalized spacial score (nSPS) is 22.6. The maximum absolute atomic E-state index is 13.0. The molecule has 1 aliphatic carbocycles. The van der Waals surface area contributed by atoms with E-state index in [1.165, 1.54) is 5.56 Å². The number of aromatic nitrogens is 2. The van der Waals surface area contributed by atoms with Gasteiger partial charge >= 0.3 is 0 Å². The summed E-state index contributed by atoms with van der Waals surface area (Å²) < 4.78 is 5.24. The molecule has 2 atom stereocenters. The van der Waals surface area contributed by atoms with Gasteiger partial charge in [-0.3, -0.25) is 14.7 Å². The molecule has 0 aromatic carbocycles. The van der Waals surface area contributed by atoms with Crippen molar-refractivity contribution >= 4 is 11.8 Å². The van der Waals surface area contributed by atoms with Gasteiger partial charge in [-0.05, 0) is 43.4 Å². The number of carbonyl (C=O) groups excluding carboxylic acids is 2. The Balaban J connectivity index is 1.39. The third kappa shape index (κ3) is 3.18. The number of hydrogen-bond acceptors (Lipinski definition) is 4. The van der Waals surface area contributed by atoms with Gasteiger partial charge in [-0.25, -0.2) is 0 Å². The molecule has 1 saturated heterocycles. The van der Waals surface area contributed by atoms with Crippen molar-refractivity contribution in [2.75, 3.05) is 6.54 Å². The number of furan rings is 1. The van der Waals surface area contributed by atoms with Gasteiger partial charge in [0.05, 0.1) is 19.0 Å². The van der Waals surface area contributed by atoms with Crippen molar-refractivity contribution in [3.05, 3.63) is 41.6 Å². The summed E-state index contributed by atoms with van der Waals surface area (Å²) in [6, 6.07) is 3.24. The fourth-order valence-electron chi connectivity index (χ4n) is 3.86. The first-order valence-corrected chi connectivity index (χ1v) is 8.84. The van der Waals surface area contributed by atoms with E-state index in [0.29, 0.717) is 25.3 Å². The summed E-state index contributed by atoms with van der Waals surface area (Å²) >= 11 is 0. The van der Waals surface area contributed by atoms with Crippen LogP contribution in [0.2, 0.25) is 0 Å². The predicted octanol–water partition coefficient (Wildman–Crippen LogP) is 1.41. The number of aromatic amines is 1. The van der Waals surface area contributed by atoms with Crippen LogP contribution in [0, 0.1) is 5.92 Å². The van der Waals surface area contributed by atoms with Gasteiger partial charge in [-0.1, -0.05) is 0 Å². The van der Waals surface area contributed by atoms with Crippen molar-refractivity contribution in [1.29, 1.82) is 0 Å². The summed E-state index contributed by atoms with van der Waals surface area (Å²) in [5, 5.41) is 9.94. The monoisotopic (exact) mass is 342 g/mol. The number of hydrogen-bond donors (Lipinski definition) is 2. The van der Waals surface area contributed by atoms with Crippen LogP contribution in [-0.2, 0) is 29.0 Å². The van der Waals surface area contributed by atoms with Crippen LogP contribution in [0.1, 0.15) is 36.3 Å². The van der Waals surface area contributed by atoms with E-state index in [0.717, 1.165) is 31.4 Å². The van der Waals surface area contributed by atoms with Crippen LogP contribution >= 0.6 is 0 Å². The second-order valence-corrected chi connectivity index (χ2v) is 6.80. The molecule has 25 heavy (non-hydrogen) atoms. The lowest BCUT2D eigenvalue weighted by molar-refractivity contribution is -0.142. The van der Waals surface area contributed by atoms with Crippen LogP contribution in [-0.4, -0.2) is 39.5 Å². The quantitative estimate of drug-likeness (QED) is 0.879. The van der Waals surface area contributed by atoms with Crippen molar-refractivity contribution in [2.45, 2.75) is 44.7 Å². The van der Waals surface area contributed by atoms with E-state index in [1.807, 2.05) is 12.3 Å². The Morgan fingerprint density at radius 2 is 2.32 bits per heavy atom. The zero-order valence-corrected chi connectivity index (χ0v) is 14.0. The summed E-state index contributed by atoms with van der Waals surface area (Å²) in [4.78, 5) is 27.3. The standard InChI is InChI=1S/C18H22N4O3/c23-17(19-11-14-3-2-8-25-14)16-4-1-7-22(16)18(24)12-5-6-13-10-20-21-15(13)9-12/h2-3,8,10,12,16H,1,4-7,9,11H2,(H,19,23)(H,20,21)/t12-,16+/m1/s1. The highest BCUT2D eigenvalue weighted by Gasteiger charge is 2.38. The Bertz CT molecular complexity index is 752. The van der Waals surface area contributed by atoms with Gasteiger partial charge in [0.25, 0.3) is 0 Å². The largest absolute Gasteiger partial charge is 0.467 e. The van der Waals surface area contributed by atoms with E-state index in [-0.39, 0.29) is 23.8 Å². The summed E-state index contributed by atoms with van der Waals surface area (Å²) in [6.07, 6.45) is 7.39. The fraction of sp³-hybridized carbons (Fsp3) is 0.500. The zero-order chi connectivity index (χ0) is 17.2. The molecular formula is C18H22N4O3. The van der Waals surface area contributed by atoms with Gasteiger partial charge in [0, 0.05) is 24.6 Å². The van der Waals surface area contributed by atoms with Crippen molar-refractivity contribution in [3.63, 3.8) is 0 Å². The van der Waals surface area contributed by atoms with E-state index < -0.39 is 0 Å². The molecule has 0 saturated carbocycles. The van der Waals surface area contributed by atoms with E-state index in [9.17, 15) is 9.59 Å². The van der Waals surface area contributed by atoms with Crippen LogP contribution in [0.25, 0.3) is 0 Å². The Morgan fingerprint density at radius 1 is 1.40 bits per heavy atom. The number of aryl methyl sites for hydroxylation is 1. The molecule has 0 bridgehead atoms. The number of H-pyrrole nitrogens is 1. The number of carbonyl (C=O) groups is 2. The molecule has 4 rings (SSSR count). The number of amides is 2. The minimum absolute atomic E-state index is 0.0635. The number of fused-ring (bicyclic) bond motifs is 1. The highest BCUT2D eigenvalue weighted by molar-refractivity contribution is 5.89. The lowest BCUT2D eigenvalue weighted by Crippen LogP contribution is -2.48. The predicted molar refractivity (Wildman–Crippen MR) is 89.4 cm³/mol. The Labute approximate surface area is 145 Å². The summed E-state index contributed by atoms with van der Waals surface area (Å²) in [5.74, 6) is 0.644. The molecule has 2 N–H and O–H groups in total. The second kappa shape index (κ2) is 6.74. The minimum Gasteiger partial charge on any atom is -0.467 e. The van der Waals surface area contributed by atoms with Gasteiger partial charge in [-0.2, -0.15) is 5.10 Å². The molecule has 1 aliphatic heterocycles. The van der Waals surface area contributed by atoms with E-state index in [4.69, 9.17) is 4.42 Å². The van der Waals surface area contributed by atoms with Gasteiger partial charge in [0.15, 0.2) is 0 Å². The number of nitrogens with one attached hydrogen (secondary N) is 2. The molecule has 2 aliphatic rings. The average molecular weight is 342 g/mol. The first kappa shape index (κ1) is 15.9. The maximum Gasteiger partial charge on any atom is 0.243 e. The molecular weight excluding hydrogens is 320 g/mol. The SMILES string of the molecule is O=C(NCc1ccco1)[C@@H]1CCCN1C(=O)[C@@H]1CCc2cn[nH]c2C1. The topological polar surface area (TPSA) is 91.2 Å². The first-order valence-electron chi connectivity index (χ1n) is 8.84. The number of rotatable bonds is 4. The van der Waals surface area contributed by atoms with Gasteiger partial charge in [-0.15, -0.1) is 0 Å². The fourth-order valence-corrected chi connectivity index (χ4v) is 3.86. The molecule has 3 heterocycles. The van der Waals surface area contributed by atoms with Crippen LogP contribution in [0.4, 0.5) is 0 Å². The zero-order valence-electron chi connectivity index (χ0n) is 14.0. The third-order valence-corrected chi connectivity index (χ3v) is 5.22. The molecule has 7 nitrogen and oxygen atoms in total. The molecule has 2 aromatic heterocycles. The Morgan fingerprint density at radius 3 is 3.16 bits per heavy atom. The molecule has 0 radical (unpaired) electrons. The van der Waals surface area contributed by atoms with Crippen LogP contribution in [0.3, 0.4) is 0 Å². The van der Waals surface area contributed by atoms with E-state index in [2.05, 4.69) is 15.5 Å². The van der Waals surface area contributed by atoms with Gasteiger partial charge < -0.3 is 14.6 Å². The smallest absolute Gasteiger partial charge is 0.243 e. The number of nitrogens with zero attached hydrogens (tertiary/aromatic N) is 2. The van der Waals surface area contributed by atoms with Crippen LogP contribution in [0.5, 0.6) is 0 Å². The van der Waals surface area contributed by atoms with Gasteiger partial charge in [0.2, 0.25) is 11.8 Å². The van der Waals surface area contributed by atoms with E-state index in [1.54, 1.807) is 17.2 Å². The third-order valence-electron chi connectivity index (χ3n) is 5.22. The van der Waals surface area contributed by atoms with Crippen LogP contribution < -0.4 is 5.32 Å². The van der Waals surface area contributed by atoms with E-state index >= 15 is 0 Å². The lowest BCUT2D eigenvalue weighted by atomic mass is 9.87. The molecule has 1 fully saturated rings. The highest BCUT2D eigenvalue weighted by atomic mass is 16.3. The Kier molecular flexibility index (Phi) is 4.29. The van der Waals surface area contributed by atoms with Crippen molar-refractivity contribution in [3.8, 4) is 0 Å². The average Bonchev–Trinajstić information content (AvgIpc) is 3.39. The molecule has 2 aromatic rings. The van der Waals surface area contributed by atoms with Crippen molar-refractivity contribution in [1.82, 2.24) is 20.4 Å². The highest BCUT2D eigenvalue weighted by Crippen LogP contribution is 2.28. The lowest BCUT2D eigenvalue weighted by Gasteiger charge is -2.29. The molecule has 2 amide bonds. The Hall–Kier alpha value is -2.57. The second-order valence-electron chi connectivity index (χ2n) is 6.80. The summed E-state index contributed by atoms with van der Waals surface area (Å²) in [7, 11) is 0. The minimum atomic E-state index is -0.370. The van der Waals surface area contributed by atoms with Gasteiger partial charge in [0.1, 0.15) is 11.8 Å². The maximum atomic E-state index is 13.0. The number of likely N-dealkylation sites (tertiary alicyclic amines) is 1. The summed E-state index contributed by atoms with van der Waals surface area (Å²) in [5.41, 5.74) is 2.26.